The molecule has 0 fully saturated rings. The lowest BCUT2D eigenvalue weighted by molar-refractivity contribution is 0.0696. The van der Waals surface area contributed by atoms with Crippen molar-refractivity contribution in [1.82, 2.24) is 4.98 Å². The first-order valence-corrected chi connectivity index (χ1v) is 5.63. The van der Waals surface area contributed by atoms with E-state index in [1.54, 1.807) is 12.1 Å². The number of pyridine rings is 1. The lowest BCUT2D eigenvalue weighted by atomic mass is 10.1. The molecule has 0 aliphatic heterocycles. The van der Waals surface area contributed by atoms with E-state index in [9.17, 15) is 4.79 Å². The van der Waals surface area contributed by atoms with Crippen molar-refractivity contribution in [3.63, 3.8) is 0 Å². The molecule has 1 heterocycles. The molecule has 1 atom stereocenters. The van der Waals surface area contributed by atoms with Gasteiger partial charge in [-0.05, 0) is 25.0 Å². The van der Waals surface area contributed by atoms with Crippen molar-refractivity contribution in [3.8, 4) is 0 Å². The highest BCUT2D eigenvalue weighted by molar-refractivity contribution is 5.87. The topological polar surface area (TPSA) is 62.2 Å². The minimum Gasteiger partial charge on any atom is -0.478 e. The number of nitrogens with zero attached hydrogens (tertiary/aromatic N) is 1. The summed E-state index contributed by atoms with van der Waals surface area (Å²) in [6, 6.07) is 3.69. The van der Waals surface area contributed by atoms with Crippen LogP contribution in [0.3, 0.4) is 0 Å². The van der Waals surface area contributed by atoms with Gasteiger partial charge >= 0.3 is 5.97 Å². The summed E-state index contributed by atoms with van der Waals surface area (Å²) in [6.45, 7) is 4.27. The Bertz CT molecular complexity index is 335. The number of aromatic carboxylic acids is 1. The minimum absolute atomic E-state index is 0.217. The Balaban J connectivity index is 2.63. The summed E-state index contributed by atoms with van der Waals surface area (Å²) in [5.74, 6) is -0.204. The highest BCUT2D eigenvalue weighted by Gasteiger charge is 2.07. The molecule has 0 bridgehead atoms. The first-order chi connectivity index (χ1) is 7.67. The van der Waals surface area contributed by atoms with Gasteiger partial charge in [-0.25, -0.2) is 9.78 Å². The molecule has 0 aliphatic rings. The molecule has 88 valence electrons. The van der Waals surface area contributed by atoms with Crippen molar-refractivity contribution in [2.45, 2.75) is 39.2 Å². The van der Waals surface area contributed by atoms with Gasteiger partial charge in [-0.2, -0.15) is 0 Å². The number of rotatable bonds is 6. The molecule has 0 saturated carbocycles. The number of nitrogens with one attached hydrogen (secondary N) is 1. The molecule has 0 aliphatic carbocycles. The van der Waals surface area contributed by atoms with Crippen LogP contribution in [0.2, 0.25) is 0 Å². The average molecular weight is 222 g/mol. The van der Waals surface area contributed by atoms with Crippen molar-refractivity contribution in [1.29, 1.82) is 0 Å². The molecular formula is C12H18N2O2. The maximum atomic E-state index is 10.6. The molecular weight excluding hydrogens is 204 g/mol. The molecule has 0 spiro atoms. The fraction of sp³-hybridized carbons (Fsp3) is 0.500. The number of carbonyl (C=O) groups is 1. The second kappa shape index (κ2) is 6.10. The first-order valence-electron chi connectivity index (χ1n) is 5.63. The van der Waals surface area contributed by atoms with Crippen molar-refractivity contribution < 1.29 is 9.90 Å². The monoisotopic (exact) mass is 222 g/mol. The zero-order valence-corrected chi connectivity index (χ0v) is 9.73. The van der Waals surface area contributed by atoms with Gasteiger partial charge in [-0.3, -0.25) is 0 Å². The van der Waals surface area contributed by atoms with E-state index in [-0.39, 0.29) is 5.56 Å². The Labute approximate surface area is 95.7 Å². The van der Waals surface area contributed by atoms with Gasteiger partial charge in [0.1, 0.15) is 5.82 Å². The molecule has 1 unspecified atom stereocenters. The van der Waals surface area contributed by atoms with Gasteiger partial charge in [-0.15, -0.1) is 0 Å². The number of hydrogen-bond acceptors (Lipinski definition) is 3. The van der Waals surface area contributed by atoms with E-state index in [0.29, 0.717) is 6.04 Å². The third kappa shape index (κ3) is 3.53. The van der Waals surface area contributed by atoms with Crippen LogP contribution in [-0.2, 0) is 0 Å². The summed E-state index contributed by atoms with van der Waals surface area (Å²) in [5, 5.41) is 12.0. The summed E-state index contributed by atoms with van der Waals surface area (Å²) in [7, 11) is 0. The maximum Gasteiger partial charge on any atom is 0.337 e. The SMILES string of the molecule is CCCC(CC)Nc1ccc(C(=O)O)cn1. The van der Waals surface area contributed by atoms with Gasteiger partial charge < -0.3 is 10.4 Å². The van der Waals surface area contributed by atoms with Crippen LogP contribution in [0.25, 0.3) is 0 Å². The zero-order chi connectivity index (χ0) is 12.0. The van der Waals surface area contributed by atoms with E-state index in [4.69, 9.17) is 5.11 Å². The van der Waals surface area contributed by atoms with E-state index in [1.165, 1.54) is 6.20 Å². The van der Waals surface area contributed by atoms with Gasteiger partial charge in [0.25, 0.3) is 0 Å². The fourth-order valence-electron chi connectivity index (χ4n) is 1.54. The smallest absolute Gasteiger partial charge is 0.337 e. The normalized spacial score (nSPS) is 12.1. The molecule has 16 heavy (non-hydrogen) atoms. The number of hydrogen-bond donors (Lipinski definition) is 2. The minimum atomic E-state index is -0.945. The summed E-state index contributed by atoms with van der Waals surface area (Å²) in [4.78, 5) is 14.7. The Morgan fingerprint density at radius 3 is 2.69 bits per heavy atom. The quantitative estimate of drug-likeness (QED) is 0.777. The molecule has 0 radical (unpaired) electrons. The maximum absolute atomic E-state index is 10.6. The lowest BCUT2D eigenvalue weighted by Crippen LogP contribution is -2.18. The van der Waals surface area contributed by atoms with Crippen molar-refractivity contribution in [3.05, 3.63) is 23.9 Å². The Morgan fingerprint density at radius 1 is 1.50 bits per heavy atom. The number of anilines is 1. The second-order valence-electron chi connectivity index (χ2n) is 3.78. The Kier molecular flexibility index (Phi) is 4.76. The molecule has 1 rings (SSSR count). The summed E-state index contributed by atoms with van der Waals surface area (Å²) in [6.07, 6.45) is 4.64. The standard InChI is InChI=1S/C12H18N2O2/c1-3-5-10(4-2)14-11-7-6-9(8-13-11)12(15)16/h6-8,10H,3-5H2,1-2H3,(H,13,14)(H,15,16). The molecule has 4 nitrogen and oxygen atoms in total. The highest BCUT2D eigenvalue weighted by atomic mass is 16.4. The van der Waals surface area contributed by atoms with E-state index in [0.717, 1.165) is 25.1 Å². The van der Waals surface area contributed by atoms with Crippen molar-refractivity contribution in [2.75, 3.05) is 5.32 Å². The lowest BCUT2D eigenvalue weighted by Gasteiger charge is -2.16. The predicted molar refractivity (Wildman–Crippen MR) is 63.8 cm³/mol. The molecule has 1 aromatic rings. The van der Waals surface area contributed by atoms with Crippen LogP contribution in [0.15, 0.2) is 18.3 Å². The van der Waals surface area contributed by atoms with Crippen molar-refractivity contribution >= 4 is 11.8 Å². The van der Waals surface area contributed by atoms with Crippen LogP contribution in [-0.4, -0.2) is 22.1 Å². The molecule has 0 aromatic carbocycles. The average Bonchev–Trinajstić information content (AvgIpc) is 2.29. The van der Waals surface area contributed by atoms with Crippen LogP contribution >= 0.6 is 0 Å². The third-order valence-corrected chi connectivity index (χ3v) is 2.49. The first kappa shape index (κ1) is 12.5. The molecule has 0 amide bonds. The number of carboxylic acid groups (broad SMARTS) is 1. The second-order valence-corrected chi connectivity index (χ2v) is 3.78. The number of carboxylic acids is 1. The van der Waals surface area contributed by atoms with Crippen LogP contribution in [0.5, 0.6) is 0 Å². The summed E-state index contributed by atoms with van der Waals surface area (Å²) >= 11 is 0. The Morgan fingerprint density at radius 2 is 2.25 bits per heavy atom. The van der Waals surface area contributed by atoms with Gasteiger partial charge in [0.2, 0.25) is 0 Å². The molecule has 2 N–H and O–H groups in total. The fourth-order valence-corrected chi connectivity index (χ4v) is 1.54. The molecule has 4 heteroatoms. The summed E-state index contributed by atoms with van der Waals surface area (Å²) in [5.41, 5.74) is 0.217. The van der Waals surface area contributed by atoms with E-state index in [2.05, 4.69) is 24.1 Å². The van der Waals surface area contributed by atoms with Crippen LogP contribution < -0.4 is 5.32 Å². The van der Waals surface area contributed by atoms with E-state index < -0.39 is 5.97 Å². The zero-order valence-electron chi connectivity index (χ0n) is 9.73. The van der Waals surface area contributed by atoms with E-state index in [1.807, 2.05) is 0 Å². The van der Waals surface area contributed by atoms with Gasteiger partial charge in [0, 0.05) is 12.2 Å². The van der Waals surface area contributed by atoms with Gasteiger partial charge in [0.15, 0.2) is 0 Å². The molecule has 0 saturated heterocycles. The van der Waals surface area contributed by atoms with Crippen LogP contribution in [0.4, 0.5) is 5.82 Å². The van der Waals surface area contributed by atoms with Crippen LogP contribution in [0.1, 0.15) is 43.5 Å². The van der Waals surface area contributed by atoms with Gasteiger partial charge in [-0.1, -0.05) is 20.3 Å². The predicted octanol–water partition coefficient (Wildman–Crippen LogP) is 2.77. The summed E-state index contributed by atoms with van der Waals surface area (Å²) < 4.78 is 0. The highest BCUT2D eigenvalue weighted by Crippen LogP contribution is 2.11. The van der Waals surface area contributed by atoms with Crippen molar-refractivity contribution in [2.24, 2.45) is 0 Å². The van der Waals surface area contributed by atoms with E-state index >= 15 is 0 Å². The largest absolute Gasteiger partial charge is 0.478 e. The third-order valence-electron chi connectivity index (χ3n) is 2.49. The Hall–Kier alpha value is -1.58. The van der Waals surface area contributed by atoms with Gasteiger partial charge in [0.05, 0.1) is 5.56 Å². The number of aromatic nitrogens is 1. The van der Waals surface area contributed by atoms with Crippen LogP contribution in [0, 0.1) is 0 Å². The molecule has 1 aromatic heterocycles.